The Kier molecular flexibility index (Phi) is 8.84. The van der Waals surface area contributed by atoms with Crippen LogP contribution in [0.15, 0.2) is 18.2 Å². The highest BCUT2D eigenvalue weighted by Gasteiger charge is 2.39. The van der Waals surface area contributed by atoms with Crippen LogP contribution in [0.25, 0.3) is 0 Å². The number of ether oxygens (including phenoxy) is 2. The zero-order chi connectivity index (χ0) is 22.1. The summed E-state index contributed by atoms with van der Waals surface area (Å²) in [5, 5.41) is 2.91. The molecule has 0 bridgehead atoms. The molecule has 1 N–H and O–H groups in total. The van der Waals surface area contributed by atoms with Crippen LogP contribution < -0.4 is 5.32 Å². The van der Waals surface area contributed by atoms with Crippen LogP contribution in [0.2, 0.25) is 0 Å². The maximum Gasteiger partial charge on any atom is 0.339 e. The second kappa shape index (κ2) is 11.1. The molecule has 1 aliphatic rings. The minimum absolute atomic E-state index is 0.147. The van der Waals surface area contributed by atoms with Gasteiger partial charge in [0.1, 0.15) is 5.92 Å². The van der Waals surface area contributed by atoms with Gasteiger partial charge in [-0.15, -0.1) is 0 Å². The second-order valence-electron chi connectivity index (χ2n) is 8.12. The van der Waals surface area contributed by atoms with Crippen LogP contribution in [0.4, 0.5) is 5.69 Å². The molecule has 1 aromatic carbocycles. The molecule has 1 saturated heterocycles. The van der Waals surface area contributed by atoms with E-state index in [1.807, 2.05) is 19.9 Å². The Balaban J connectivity index is 2.09. The number of carbonyl (C=O) groups is 3. The number of nitrogens with zero attached hydrogens (tertiary/aromatic N) is 1. The number of nitrogens with one attached hydrogen (secondary N) is 1. The maximum absolute atomic E-state index is 13.0. The van der Waals surface area contributed by atoms with Crippen LogP contribution >= 0.6 is 0 Å². The highest BCUT2D eigenvalue weighted by atomic mass is 16.5. The minimum Gasteiger partial charge on any atom is -0.465 e. The second-order valence-corrected chi connectivity index (χ2v) is 8.12. The molecule has 1 amide bonds. The molecule has 2 atom stereocenters. The van der Waals surface area contributed by atoms with E-state index in [1.54, 1.807) is 12.1 Å². The summed E-state index contributed by atoms with van der Waals surface area (Å²) in [6.45, 7) is 8.87. The molecule has 0 spiro atoms. The molecule has 1 fully saturated rings. The lowest BCUT2D eigenvalue weighted by molar-refractivity contribution is -0.925. The van der Waals surface area contributed by atoms with E-state index in [1.165, 1.54) is 7.11 Å². The summed E-state index contributed by atoms with van der Waals surface area (Å²) in [7, 11) is 1.32. The summed E-state index contributed by atoms with van der Waals surface area (Å²) in [4.78, 5) is 37.5. The van der Waals surface area contributed by atoms with E-state index in [2.05, 4.69) is 12.2 Å². The lowest BCUT2D eigenvalue weighted by Gasteiger charge is -2.42. The summed E-state index contributed by atoms with van der Waals surface area (Å²) >= 11 is 0. The number of para-hydroxylation sites is 1. The van der Waals surface area contributed by atoms with Gasteiger partial charge < -0.3 is 19.3 Å². The van der Waals surface area contributed by atoms with Crippen LogP contribution in [0, 0.1) is 12.8 Å². The standard InChI is InChI=1S/C23H34N2O5/c1-5-7-14-30-22(27)18-11-9-13-25(6-2,15-18)16-20(26)24-21-17(3)10-8-12-19(21)23(28)29-4/h8,10,12,18H,5-7,9,11,13-16H2,1-4H3/p+1. The van der Waals surface area contributed by atoms with Crippen molar-refractivity contribution in [2.24, 2.45) is 5.92 Å². The van der Waals surface area contributed by atoms with E-state index in [0.717, 1.165) is 44.3 Å². The first kappa shape index (κ1) is 23.9. The van der Waals surface area contributed by atoms with Gasteiger partial charge in [0, 0.05) is 0 Å². The third-order valence-electron chi connectivity index (χ3n) is 5.96. The zero-order valence-corrected chi connectivity index (χ0v) is 18.7. The summed E-state index contributed by atoms with van der Waals surface area (Å²) in [6.07, 6.45) is 3.54. The third-order valence-corrected chi connectivity index (χ3v) is 5.96. The number of amides is 1. The molecule has 0 radical (unpaired) electrons. The van der Waals surface area contributed by atoms with Crippen LogP contribution in [-0.4, -0.2) is 62.2 Å². The van der Waals surface area contributed by atoms with Gasteiger partial charge in [0.25, 0.3) is 5.91 Å². The molecule has 2 unspecified atom stereocenters. The van der Waals surface area contributed by atoms with Crippen molar-refractivity contribution in [3.63, 3.8) is 0 Å². The first-order chi connectivity index (χ1) is 14.4. The molecule has 1 aliphatic heterocycles. The van der Waals surface area contributed by atoms with Gasteiger partial charge in [0.15, 0.2) is 6.54 Å². The number of anilines is 1. The van der Waals surface area contributed by atoms with Gasteiger partial charge in [0.2, 0.25) is 0 Å². The fraction of sp³-hybridized carbons (Fsp3) is 0.609. The van der Waals surface area contributed by atoms with Gasteiger partial charge in [-0.2, -0.15) is 0 Å². The highest BCUT2D eigenvalue weighted by molar-refractivity contribution is 6.02. The normalized spacial score (nSPS) is 21.0. The Morgan fingerprint density at radius 3 is 2.67 bits per heavy atom. The number of hydrogen-bond acceptors (Lipinski definition) is 5. The van der Waals surface area contributed by atoms with Gasteiger partial charge in [-0.3, -0.25) is 9.59 Å². The van der Waals surface area contributed by atoms with Crippen LogP contribution in [0.1, 0.15) is 55.5 Å². The number of unbranched alkanes of at least 4 members (excludes halogenated alkanes) is 1. The predicted molar refractivity (Wildman–Crippen MR) is 115 cm³/mol. The summed E-state index contributed by atoms with van der Waals surface area (Å²) in [6, 6.07) is 5.24. The van der Waals surface area contributed by atoms with Gasteiger partial charge in [0.05, 0.1) is 44.6 Å². The number of hydrogen-bond donors (Lipinski definition) is 1. The number of quaternary nitrogens is 1. The lowest BCUT2D eigenvalue weighted by Crippen LogP contribution is -2.58. The topological polar surface area (TPSA) is 81.7 Å². The van der Waals surface area contributed by atoms with Crippen molar-refractivity contribution < 1.29 is 28.3 Å². The number of benzene rings is 1. The summed E-state index contributed by atoms with van der Waals surface area (Å²) in [5.41, 5.74) is 1.62. The van der Waals surface area contributed by atoms with Crippen molar-refractivity contribution in [2.45, 2.75) is 46.5 Å². The SMILES string of the molecule is CCCCOC(=O)C1CCC[N+](CC)(CC(=O)Nc2c(C)cccc2C(=O)OC)C1. The highest BCUT2D eigenvalue weighted by Crippen LogP contribution is 2.26. The number of carbonyl (C=O) groups excluding carboxylic acids is 3. The summed E-state index contributed by atoms with van der Waals surface area (Å²) < 4.78 is 10.8. The van der Waals surface area contributed by atoms with Crippen LogP contribution in [0.5, 0.6) is 0 Å². The predicted octanol–water partition coefficient (Wildman–Crippen LogP) is 3.31. The molecule has 0 aromatic heterocycles. The number of aryl methyl sites for hydroxylation is 1. The maximum atomic E-state index is 13.0. The molecule has 7 nitrogen and oxygen atoms in total. The van der Waals surface area contributed by atoms with Gasteiger partial charge in [-0.25, -0.2) is 4.79 Å². The van der Waals surface area contributed by atoms with Crippen molar-refractivity contribution in [1.29, 1.82) is 0 Å². The Bertz CT molecular complexity index is 764. The number of piperidine rings is 1. The van der Waals surface area contributed by atoms with Crippen LogP contribution in [0.3, 0.4) is 0 Å². The van der Waals surface area contributed by atoms with Crippen molar-refractivity contribution >= 4 is 23.5 Å². The fourth-order valence-electron chi connectivity index (χ4n) is 4.09. The molecule has 1 heterocycles. The van der Waals surface area contributed by atoms with E-state index in [4.69, 9.17) is 9.47 Å². The molecular formula is C23H35N2O5+. The smallest absolute Gasteiger partial charge is 0.339 e. The average molecular weight is 420 g/mol. The van der Waals surface area contributed by atoms with Gasteiger partial charge >= 0.3 is 11.9 Å². The van der Waals surface area contributed by atoms with Gasteiger partial charge in [-0.1, -0.05) is 25.5 Å². The number of methoxy groups -OCH3 is 1. The first-order valence-electron chi connectivity index (χ1n) is 10.8. The van der Waals surface area contributed by atoms with E-state index >= 15 is 0 Å². The molecule has 1 aromatic rings. The molecule has 30 heavy (non-hydrogen) atoms. The number of likely N-dealkylation sites (tertiary alicyclic amines) is 1. The largest absolute Gasteiger partial charge is 0.465 e. The Morgan fingerprint density at radius 1 is 1.23 bits per heavy atom. The minimum atomic E-state index is -0.485. The molecule has 0 saturated carbocycles. The van der Waals surface area contributed by atoms with Crippen molar-refractivity contribution in [3.8, 4) is 0 Å². The van der Waals surface area contributed by atoms with Crippen molar-refractivity contribution in [3.05, 3.63) is 29.3 Å². The number of likely N-dealkylation sites (N-methyl/N-ethyl adjacent to an activating group) is 1. The zero-order valence-electron chi connectivity index (χ0n) is 18.7. The Morgan fingerprint density at radius 2 is 2.00 bits per heavy atom. The Labute approximate surface area is 179 Å². The summed E-state index contributed by atoms with van der Waals surface area (Å²) in [5.74, 6) is -0.976. The molecular weight excluding hydrogens is 384 g/mol. The van der Waals surface area contributed by atoms with E-state index < -0.39 is 5.97 Å². The van der Waals surface area contributed by atoms with Gasteiger partial charge in [-0.05, 0) is 44.7 Å². The molecule has 2 rings (SSSR count). The molecule has 7 heteroatoms. The molecule has 166 valence electrons. The van der Waals surface area contributed by atoms with Crippen LogP contribution in [-0.2, 0) is 19.1 Å². The molecule has 0 aliphatic carbocycles. The lowest BCUT2D eigenvalue weighted by atomic mass is 9.95. The fourth-order valence-corrected chi connectivity index (χ4v) is 4.09. The van der Waals surface area contributed by atoms with Crippen molar-refractivity contribution in [2.75, 3.05) is 45.2 Å². The van der Waals surface area contributed by atoms with E-state index in [9.17, 15) is 14.4 Å². The van der Waals surface area contributed by atoms with Crippen molar-refractivity contribution in [1.82, 2.24) is 0 Å². The average Bonchev–Trinajstić information content (AvgIpc) is 2.74. The number of esters is 2. The van der Waals surface area contributed by atoms with E-state index in [-0.39, 0.29) is 24.3 Å². The first-order valence-corrected chi connectivity index (χ1v) is 10.8. The Hall–Kier alpha value is -2.41. The number of rotatable bonds is 9. The monoisotopic (exact) mass is 419 g/mol. The van der Waals surface area contributed by atoms with E-state index in [0.29, 0.717) is 28.9 Å². The third kappa shape index (κ3) is 6.05. The quantitative estimate of drug-likeness (QED) is 0.377.